The van der Waals surface area contributed by atoms with E-state index >= 15 is 0 Å². The van der Waals surface area contributed by atoms with Gasteiger partial charge in [0.1, 0.15) is 11.8 Å². The molecule has 1 aliphatic rings. The number of hydrogen-bond acceptors (Lipinski definition) is 3. The number of carbonyl (C=O) groups excluding carboxylic acids is 1. The van der Waals surface area contributed by atoms with Crippen molar-refractivity contribution in [1.82, 2.24) is 4.57 Å². The van der Waals surface area contributed by atoms with Gasteiger partial charge in [-0.3, -0.25) is 9.69 Å². The molecule has 5 rings (SSSR count). The molecule has 8 heteroatoms. The normalized spacial score (nSPS) is 14.8. The number of aromatic nitrogens is 1. The van der Waals surface area contributed by atoms with E-state index in [9.17, 15) is 14.7 Å². The van der Waals surface area contributed by atoms with Crippen LogP contribution < -0.4 is 9.64 Å². The summed E-state index contributed by atoms with van der Waals surface area (Å²) in [5, 5.41) is 10.8. The molecule has 0 bridgehead atoms. The largest absolute Gasteiger partial charge is 0.496 e. The van der Waals surface area contributed by atoms with Crippen molar-refractivity contribution in [1.29, 1.82) is 0 Å². The number of methoxy groups -OCH3 is 1. The third kappa shape index (κ3) is 4.24. The first-order chi connectivity index (χ1) is 18.1. The minimum atomic E-state index is -1.04. The van der Waals surface area contributed by atoms with Gasteiger partial charge < -0.3 is 14.4 Å². The molecule has 1 N–H and O–H groups in total. The van der Waals surface area contributed by atoms with Gasteiger partial charge in [-0.05, 0) is 80.4 Å². The highest BCUT2D eigenvalue weighted by Gasteiger charge is 2.44. The highest BCUT2D eigenvalue weighted by atomic mass is 35.5. The number of rotatable bonds is 6. The molecule has 0 fully saturated rings. The molecule has 4 aromatic rings. The van der Waals surface area contributed by atoms with Gasteiger partial charge in [0.2, 0.25) is 0 Å². The van der Waals surface area contributed by atoms with Crippen LogP contribution in [0.4, 0.5) is 5.69 Å². The number of amides is 1. The van der Waals surface area contributed by atoms with Gasteiger partial charge in [0, 0.05) is 27.3 Å². The fourth-order valence-corrected chi connectivity index (χ4v) is 5.50. The third-order valence-corrected chi connectivity index (χ3v) is 7.38. The molecule has 1 amide bonds. The standard InChI is InChI=1S/C30H26Cl2N2O4/c1-16(2)33-25(22-13-19(30(36)37)8-12-26(22)38-4)15-23-28(33)27(18-6-10-20(31)11-7-18)34(29(23)35)24-14-21(32)9-5-17(24)3/h5-16,27H,1-4H3,(H,36,37). The van der Waals surface area contributed by atoms with Gasteiger partial charge in [-0.2, -0.15) is 0 Å². The highest BCUT2D eigenvalue weighted by Crippen LogP contribution is 2.48. The van der Waals surface area contributed by atoms with Gasteiger partial charge in [0.15, 0.2) is 0 Å². The number of ether oxygens (including phenoxy) is 1. The Morgan fingerprint density at radius 3 is 2.26 bits per heavy atom. The molecule has 0 aliphatic carbocycles. The maximum atomic E-state index is 14.2. The zero-order valence-corrected chi connectivity index (χ0v) is 22.8. The zero-order chi connectivity index (χ0) is 27.3. The topological polar surface area (TPSA) is 71.8 Å². The number of carboxylic acid groups (broad SMARTS) is 1. The molecule has 38 heavy (non-hydrogen) atoms. The van der Waals surface area contributed by atoms with Gasteiger partial charge in [-0.1, -0.05) is 41.4 Å². The summed E-state index contributed by atoms with van der Waals surface area (Å²) < 4.78 is 7.70. The van der Waals surface area contributed by atoms with E-state index in [2.05, 4.69) is 4.57 Å². The van der Waals surface area contributed by atoms with Crippen molar-refractivity contribution in [3.8, 4) is 17.0 Å². The van der Waals surface area contributed by atoms with Gasteiger partial charge in [0.25, 0.3) is 5.91 Å². The molecule has 3 aromatic carbocycles. The number of anilines is 1. The van der Waals surface area contributed by atoms with Crippen molar-refractivity contribution in [3.63, 3.8) is 0 Å². The Hall–Kier alpha value is -3.74. The molecule has 0 saturated heterocycles. The molecule has 1 atom stereocenters. The van der Waals surface area contributed by atoms with E-state index in [0.29, 0.717) is 32.6 Å². The fourth-order valence-electron chi connectivity index (χ4n) is 5.21. The summed E-state index contributed by atoms with van der Waals surface area (Å²) in [4.78, 5) is 27.7. The average Bonchev–Trinajstić information content (AvgIpc) is 3.41. The molecule has 1 aromatic heterocycles. The van der Waals surface area contributed by atoms with E-state index in [1.165, 1.54) is 6.07 Å². The summed E-state index contributed by atoms with van der Waals surface area (Å²) in [6.07, 6.45) is 0. The number of carboxylic acids is 1. The summed E-state index contributed by atoms with van der Waals surface area (Å²) in [6, 6.07) is 19.0. The molecule has 6 nitrogen and oxygen atoms in total. The molecule has 194 valence electrons. The van der Waals surface area contributed by atoms with Crippen LogP contribution in [0.1, 0.15) is 63.5 Å². The first kappa shape index (κ1) is 25.9. The van der Waals surface area contributed by atoms with Crippen LogP contribution in [0.25, 0.3) is 11.3 Å². The number of benzene rings is 3. The SMILES string of the molecule is COc1ccc(C(=O)O)cc1-c1cc2c(n1C(C)C)C(c1ccc(Cl)cc1)N(c1cc(Cl)ccc1C)C2=O. The second kappa shape index (κ2) is 9.86. The van der Waals surface area contributed by atoms with Gasteiger partial charge >= 0.3 is 5.97 Å². The Kier molecular flexibility index (Phi) is 6.72. The van der Waals surface area contributed by atoms with Crippen molar-refractivity contribution < 1.29 is 19.4 Å². The zero-order valence-electron chi connectivity index (χ0n) is 21.3. The number of hydrogen-bond donors (Lipinski definition) is 1. The number of nitrogens with zero attached hydrogens (tertiary/aromatic N) is 2. The van der Waals surface area contributed by atoms with Crippen molar-refractivity contribution in [2.75, 3.05) is 12.0 Å². The van der Waals surface area contributed by atoms with E-state index < -0.39 is 12.0 Å². The van der Waals surface area contributed by atoms with Crippen molar-refractivity contribution in [2.24, 2.45) is 0 Å². The van der Waals surface area contributed by atoms with Crippen LogP contribution in [0.2, 0.25) is 10.0 Å². The van der Waals surface area contributed by atoms with Crippen molar-refractivity contribution in [2.45, 2.75) is 32.9 Å². The Balaban J connectivity index is 1.81. The molecular weight excluding hydrogens is 523 g/mol. The first-order valence-corrected chi connectivity index (χ1v) is 12.9. The second-order valence-electron chi connectivity index (χ2n) is 9.57. The van der Waals surface area contributed by atoms with Crippen LogP contribution in [-0.4, -0.2) is 28.7 Å². The molecule has 0 radical (unpaired) electrons. The smallest absolute Gasteiger partial charge is 0.335 e. The fraction of sp³-hybridized carbons (Fsp3) is 0.200. The Morgan fingerprint density at radius 2 is 1.63 bits per heavy atom. The lowest BCUT2D eigenvalue weighted by Gasteiger charge is -2.30. The molecule has 0 spiro atoms. The lowest BCUT2D eigenvalue weighted by atomic mass is 10.0. The van der Waals surface area contributed by atoms with E-state index in [-0.39, 0.29) is 17.5 Å². The van der Waals surface area contributed by atoms with E-state index in [1.54, 1.807) is 30.2 Å². The average molecular weight is 549 g/mol. The lowest BCUT2D eigenvalue weighted by Crippen LogP contribution is -2.30. The van der Waals surface area contributed by atoms with E-state index in [4.69, 9.17) is 27.9 Å². The van der Waals surface area contributed by atoms with E-state index in [1.807, 2.05) is 63.2 Å². The summed E-state index contributed by atoms with van der Waals surface area (Å²) in [6.45, 7) is 6.02. The molecule has 1 aliphatic heterocycles. The summed E-state index contributed by atoms with van der Waals surface area (Å²) in [5.74, 6) is -0.688. The Bertz CT molecular complexity index is 1570. The molecule has 1 unspecified atom stereocenters. The van der Waals surface area contributed by atoms with Crippen LogP contribution in [0.3, 0.4) is 0 Å². The molecule has 0 saturated carbocycles. The number of fused-ring (bicyclic) bond motifs is 1. The van der Waals surface area contributed by atoms with Crippen LogP contribution in [0.15, 0.2) is 66.7 Å². The van der Waals surface area contributed by atoms with Crippen LogP contribution in [-0.2, 0) is 0 Å². The quantitative estimate of drug-likeness (QED) is 0.266. The highest BCUT2D eigenvalue weighted by molar-refractivity contribution is 6.31. The minimum absolute atomic E-state index is 0.0602. The maximum absolute atomic E-state index is 14.2. The minimum Gasteiger partial charge on any atom is -0.496 e. The van der Waals surface area contributed by atoms with Gasteiger partial charge in [0.05, 0.1) is 29.6 Å². The predicted molar refractivity (Wildman–Crippen MR) is 150 cm³/mol. The summed E-state index contributed by atoms with van der Waals surface area (Å²) in [5.41, 5.74) is 5.32. The Morgan fingerprint density at radius 1 is 0.947 bits per heavy atom. The number of halogens is 2. The molecular formula is C30H26Cl2N2O4. The molecule has 2 heterocycles. The third-order valence-electron chi connectivity index (χ3n) is 6.90. The second-order valence-corrected chi connectivity index (χ2v) is 10.4. The Labute approximate surface area is 231 Å². The first-order valence-electron chi connectivity index (χ1n) is 12.1. The van der Waals surface area contributed by atoms with Crippen LogP contribution in [0.5, 0.6) is 5.75 Å². The van der Waals surface area contributed by atoms with Crippen LogP contribution >= 0.6 is 23.2 Å². The van der Waals surface area contributed by atoms with Crippen molar-refractivity contribution in [3.05, 3.63) is 105 Å². The van der Waals surface area contributed by atoms with Gasteiger partial charge in [-0.25, -0.2) is 4.79 Å². The lowest BCUT2D eigenvalue weighted by molar-refractivity contribution is 0.0696. The number of aryl methyl sites for hydroxylation is 1. The van der Waals surface area contributed by atoms with Crippen LogP contribution in [0, 0.1) is 6.92 Å². The number of aromatic carboxylic acids is 1. The summed E-state index contributed by atoms with van der Waals surface area (Å²) in [7, 11) is 1.54. The monoisotopic (exact) mass is 548 g/mol. The van der Waals surface area contributed by atoms with E-state index in [0.717, 1.165) is 22.5 Å². The van der Waals surface area contributed by atoms with Crippen molar-refractivity contribution >= 4 is 40.8 Å². The summed E-state index contributed by atoms with van der Waals surface area (Å²) >= 11 is 12.6. The van der Waals surface area contributed by atoms with Gasteiger partial charge in [-0.15, -0.1) is 0 Å². The maximum Gasteiger partial charge on any atom is 0.335 e. The number of carbonyl (C=O) groups is 2. The predicted octanol–water partition coefficient (Wildman–Crippen LogP) is 7.81.